The van der Waals surface area contributed by atoms with Gasteiger partial charge in [0.25, 0.3) is 0 Å². The Kier molecular flexibility index (Phi) is 4.65. The summed E-state index contributed by atoms with van der Waals surface area (Å²) in [5, 5.41) is 15.0. The van der Waals surface area contributed by atoms with Crippen LogP contribution in [-0.4, -0.2) is 22.5 Å². The van der Waals surface area contributed by atoms with Gasteiger partial charge in [0, 0.05) is 12.8 Å². The molecule has 0 aromatic carbocycles. The number of nitrogens with zero attached hydrogens (tertiary/aromatic N) is 1. The molecule has 0 unspecified atom stereocenters. The van der Waals surface area contributed by atoms with Crippen LogP contribution in [0.1, 0.15) is 44.3 Å². The van der Waals surface area contributed by atoms with Gasteiger partial charge in [-0.2, -0.15) is 0 Å². The molecule has 1 fully saturated rings. The first kappa shape index (κ1) is 14.4. The van der Waals surface area contributed by atoms with Crippen molar-refractivity contribution in [2.24, 2.45) is 10.9 Å². The second-order valence-corrected chi connectivity index (χ2v) is 5.26. The summed E-state index contributed by atoms with van der Waals surface area (Å²) in [5.74, 6) is 0.778. The van der Waals surface area contributed by atoms with Gasteiger partial charge in [0.2, 0.25) is 5.91 Å². The fourth-order valence-electron chi connectivity index (χ4n) is 2.72. The highest BCUT2D eigenvalue weighted by Crippen LogP contribution is 2.28. The molecule has 0 bridgehead atoms. The molecule has 6 nitrogen and oxygen atoms in total. The fraction of sp³-hybridized carbons (Fsp3) is 0.571. The third kappa shape index (κ3) is 3.31. The van der Waals surface area contributed by atoms with E-state index >= 15 is 0 Å². The maximum Gasteiger partial charge on any atom is 0.221 e. The molecule has 1 aliphatic carbocycles. The van der Waals surface area contributed by atoms with E-state index in [-0.39, 0.29) is 11.7 Å². The van der Waals surface area contributed by atoms with Gasteiger partial charge in [0.1, 0.15) is 11.3 Å². The third-order valence-corrected chi connectivity index (χ3v) is 3.86. The number of nitrogens with two attached hydrogens (primary N) is 1. The molecule has 20 heavy (non-hydrogen) atoms. The molecular weight excluding hydrogens is 258 g/mol. The fourth-order valence-corrected chi connectivity index (χ4v) is 2.72. The van der Waals surface area contributed by atoms with E-state index in [9.17, 15) is 4.79 Å². The van der Waals surface area contributed by atoms with Crippen LogP contribution in [0.25, 0.3) is 0 Å². The molecule has 110 valence electrons. The Bertz CT molecular complexity index is 462. The van der Waals surface area contributed by atoms with Gasteiger partial charge in [-0.3, -0.25) is 4.79 Å². The van der Waals surface area contributed by atoms with Crippen LogP contribution >= 0.6 is 0 Å². The zero-order valence-corrected chi connectivity index (χ0v) is 11.5. The van der Waals surface area contributed by atoms with Gasteiger partial charge >= 0.3 is 0 Å². The van der Waals surface area contributed by atoms with Gasteiger partial charge in [-0.25, -0.2) is 0 Å². The number of furan rings is 1. The number of hydrogen-bond donors (Lipinski definition) is 3. The molecule has 1 aromatic heterocycles. The largest absolute Gasteiger partial charge is 0.469 e. The smallest absolute Gasteiger partial charge is 0.221 e. The first-order valence-corrected chi connectivity index (χ1v) is 6.98. The number of amides is 1. The van der Waals surface area contributed by atoms with Crippen LogP contribution in [0.5, 0.6) is 0 Å². The topological polar surface area (TPSA) is 101 Å². The quantitative estimate of drug-likeness (QED) is 0.331. The lowest BCUT2D eigenvalue weighted by Crippen LogP contribution is -2.58. The van der Waals surface area contributed by atoms with Crippen LogP contribution in [0.2, 0.25) is 0 Å². The first-order valence-electron chi connectivity index (χ1n) is 6.98. The molecular formula is C14H21N3O3. The molecule has 0 spiro atoms. The van der Waals surface area contributed by atoms with E-state index in [0.29, 0.717) is 12.8 Å². The summed E-state index contributed by atoms with van der Waals surface area (Å²) in [5.41, 5.74) is 5.10. The maximum atomic E-state index is 12.1. The van der Waals surface area contributed by atoms with Crippen LogP contribution < -0.4 is 11.1 Å². The van der Waals surface area contributed by atoms with Crippen molar-refractivity contribution in [3.05, 3.63) is 24.2 Å². The first-order chi connectivity index (χ1) is 9.66. The highest BCUT2D eigenvalue weighted by atomic mass is 16.4. The van der Waals surface area contributed by atoms with Gasteiger partial charge in [0.15, 0.2) is 5.84 Å². The minimum atomic E-state index is -0.687. The summed E-state index contributed by atoms with van der Waals surface area (Å²) in [6, 6.07) is 3.64. The summed E-state index contributed by atoms with van der Waals surface area (Å²) >= 11 is 0. The van der Waals surface area contributed by atoms with E-state index in [4.69, 9.17) is 15.4 Å². The number of amidine groups is 1. The van der Waals surface area contributed by atoms with E-state index in [1.54, 1.807) is 12.3 Å². The summed E-state index contributed by atoms with van der Waals surface area (Å²) in [6.45, 7) is 0. The zero-order valence-electron chi connectivity index (χ0n) is 11.5. The van der Waals surface area contributed by atoms with Crippen LogP contribution in [-0.2, 0) is 11.2 Å². The highest BCUT2D eigenvalue weighted by molar-refractivity contribution is 5.94. The van der Waals surface area contributed by atoms with Crippen molar-refractivity contribution < 1.29 is 14.4 Å². The Hall–Kier alpha value is -1.98. The van der Waals surface area contributed by atoms with Crippen LogP contribution in [0, 0.1) is 0 Å². The van der Waals surface area contributed by atoms with Gasteiger partial charge in [-0.1, -0.05) is 24.4 Å². The predicted molar refractivity (Wildman–Crippen MR) is 74.4 cm³/mol. The average molecular weight is 279 g/mol. The van der Waals surface area contributed by atoms with E-state index in [1.807, 2.05) is 6.07 Å². The Morgan fingerprint density at radius 2 is 2.20 bits per heavy atom. The Labute approximate surface area is 118 Å². The van der Waals surface area contributed by atoms with Gasteiger partial charge in [-0.05, 0) is 25.0 Å². The molecule has 1 aromatic rings. The second-order valence-electron chi connectivity index (χ2n) is 5.26. The number of hydrogen-bond acceptors (Lipinski definition) is 4. The van der Waals surface area contributed by atoms with Crippen LogP contribution in [0.15, 0.2) is 28.0 Å². The van der Waals surface area contributed by atoms with Crippen molar-refractivity contribution >= 4 is 11.7 Å². The third-order valence-electron chi connectivity index (χ3n) is 3.86. The molecule has 0 radical (unpaired) electrons. The van der Waals surface area contributed by atoms with Crippen molar-refractivity contribution in [3.8, 4) is 0 Å². The van der Waals surface area contributed by atoms with Crippen molar-refractivity contribution in [2.75, 3.05) is 0 Å². The number of carbonyl (C=O) groups is 1. The zero-order chi connectivity index (χ0) is 14.4. The lowest BCUT2D eigenvalue weighted by Gasteiger charge is -2.36. The van der Waals surface area contributed by atoms with Gasteiger partial charge in [-0.15, -0.1) is 0 Å². The molecule has 1 saturated carbocycles. The Morgan fingerprint density at radius 1 is 1.45 bits per heavy atom. The van der Waals surface area contributed by atoms with Crippen molar-refractivity contribution in [2.45, 2.75) is 50.5 Å². The van der Waals surface area contributed by atoms with E-state index in [1.165, 1.54) is 0 Å². The summed E-state index contributed by atoms with van der Waals surface area (Å²) < 4.78 is 5.20. The van der Waals surface area contributed by atoms with E-state index in [0.717, 1.165) is 37.9 Å². The van der Waals surface area contributed by atoms with Crippen LogP contribution in [0.4, 0.5) is 0 Å². The van der Waals surface area contributed by atoms with Crippen molar-refractivity contribution in [3.63, 3.8) is 0 Å². The molecule has 0 saturated heterocycles. The Balaban J connectivity index is 1.95. The van der Waals surface area contributed by atoms with Crippen molar-refractivity contribution in [1.82, 2.24) is 5.32 Å². The molecule has 1 aliphatic rings. The molecule has 1 amide bonds. The second kappa shape index (κ2) is 6.45. The summed E-state index contributed by atoms with van der Waals surface area (Å²) in [4.78, 5) is 12.1. The number of oxime groups is 1. The predicted octanol–water partition coefficient (Wildman–Crippen LogP) is 1.78. The Morgan fingerprint density at radius 3 is 2.80 bits per heavy atom. The summed E-state index contributed by atoms with van der Waals surface area (Å²) in [7, 11) is 0. The van der Waals surface area contributed by atoms with Gasteiger partial charge in [0.05, 0.1) is 6.26 Å². The summed E-state index contributed by atoms with van der Waals surface area (Å²) in [6.07, 6.45) is 6.95. The molecule has 2 rings (SSSR count). The normalized spacial score (nSPS) is 18.7. The number of carbonyl (C=O) groups excluding carboxylic acids is 1. The number of rotatable bonds is 5. The standard InChI is InChI=1S/C14H21N3O3/c15-13(17-19)14(8-2-1-3-9-14)16-12(18)7-6-11-5-4-10-20-11/h4-5,10,19H,1-3,6-9H2,(H2,15,17)(H,16,18). The number of aryl methyl sites for hydroxylation is 1. The molecule has 4 N–H and O–H groups in total. The number of nitrogens with one attached hydrogen (secondary N) is 1. The van der Waals surface area contributed by atoms with E-state index < -0.39 is 5.54 Å². The molecule has 0 aliphatic heterocycles. The molecule has 1 heterocycles. The minimum absolute atomic E-state index is 0.101. The average Bonchev–Trinajstić information content (AvgIpc) is 2.98. The van der Waals surface area contributed by atoms with Crippen LogP contribution in [0.3, 0.4) is 0 Å². The molecule has 0 atom stereocenters. The lowest BCUT2D eigenvalue weighted by atomic mass is 9.80. The molecule has 6 heteroatoms. The monoisotopic (exact) mass is 279 g/mol. The lowest BCUT2D eigenvalue weighted by molar-refractivity contribution is -0.122. The SMILES string of the molecule is N/C(=N/O)C1(NC(=O)CCc2ccco2)CCCCC1. The highest BCUT2D eigenvalue weighted by Gasteiger charge is 2.37. The minimum Gasteiger partial charge on any atom is -0.469 e. The van der Waals surface area contributed by atoms with Gasteiger partial charge < -0.3 is 20.7 Å². The maximum absolute atomic E-state index is 12.1. The van der Waals surface area contributed by atoms with Crippen molar-refractivity contribution in [1.29, 1.82) is 0 Å². The van der Waals surface area contributed by atoms with E-state index in [2.05, 4.69) is 10.5 Å².